The average Bonchev–Trinajstić information content (AvgIpc) is 2.41. The van der Waals surface area contributed by atoms with Crippen molar-refractivity contribution in [2.45, 2.75) is 12.0 Å². The fourth-order valence-electron chi connectivity index (χ4n) is 2.04. The molecule has 0 saturated carbocycles. The molecule has 0 spiro atoms. The second kappa shape index (κ2) is 5.41. The highest BCUT2D eigenvalue weighted by molar-refractivity contribution is 5.61. The van der Waals surface area contributed by atoms with Gasteiger partial charge in [0.2, 0.25) is 0 Å². The van der Waals surface area contributed by atoms with Crippen molar-refractivity contribution in [1.29, 1.82) is 0 Å². The van der Waals surface area contributed by atoms with Crippen LogP contribution in [0.5, 0.6) is 0 Å². The fraction of sp³-hybridized carbons (Fsp3) is 0.133. The molecule has 17 heavy (non-hydrogen) atoms. The molecule has 0 aliphatic heterocycles. The highest BCUT2D eigenvalue weighted by Crippen LogP contribution is 2.26. The molecule has 2 nitrogen and oxygen atoms in total. The van der Waals surface area contributed by atoms with Gasteiger partial charge in [-0.1, -0.05) is 60.7 Å². The molecule has 1 unspecified atom stereocenters. The van der Waals surface area contributed by atoms with Crippen molar-refractivity contribution < 1.29 is 4.79 Å². The Hall–Kier alpha value is -1.93. The van der Waals surface area contributed by atoms with E-state index in [2.05, 4.69) is 0 Å². The largest absolute Gasteiger partial charge is 0.321 e. The molecule has 1 atom stereocenters. The summed E-state index contributed by atoms with van der Waals surface area (Å²) in [7, 11) is 0. The van der Waals surface area contributed by atoms with Crippen molar-refractivity contribution in [1.82, 2.24) is 0 Å². The third kappa shape index (κ3) is 2.60. The van der Waals surface area contributed by atoms with Crippen molar-refractivity contribution in [2.75, 3.05) is 0 Å². The van der Waals surface area contributed by atoms with Crippen molar-refractivity contribution in [3.8, 4) is 0 Å². The van der Waals surface area contributed by atoms with Gasteiger partial charge in [-0.25, -0.2) is 0 Å². The highest BCUT2D eigenvalue weighted by Gasteiger charge is 2.20. The van der Waals surface area contributed by atoms with Crippen LogP contribution >= 0.6 is 0 Å². The maximum Gasteiger partial charge on any atom is 0.137 e. The van der Waals surface area contributed by atoms with E-state index in [0.29, 0.717) is 0 Å². The molecule has 0 amide bonds. The van der Waals surface area contributed by atoms with Gasteiger partial charge in [-0.15, -0.1) is 0 Å². The Bertz CT molecular complexity index is 427. The summed E-state index contributed by atoms with van der Waals surface area (Å²) in [5, 5.41) is 0. The Morgan fingerprint density at radius 1 is 0.824 bits per heavy atom. The molecule has 0 saturated heterocycles. The van der Waals surface area contributed by atoms with E-state index in [1.54, 1.807) is 0 Å². The van der Waals surface area contributed by atoms with Crippen LogP contribution in [0.1, 0.15) is 17.0 Å². The van der Waals surface area contributed by atoms with Gasteiger partial charge in [0.25, 0.3) is 0 Å². The maximum atomic E-state index is 11.0. The first-order valence-corrected chi connectivity index (χ1v) is 5.63. The third-order valence-electron chi connectivity index (χ3n) is 2.86. The third-order valence-corrected chi connectivity index (χ3v) is 2.86. The van der Waals surface area contributed by atoms with Crippen LogP contribution in [0.4, 0.5) is 0 Å². The number of hydrogen-bond acceptors (Lipinski definition) is 2. The fourth-order valence-corrected chi connectivity index (χ4v) is 2.04. The number of aldehydes is 1. The quantitative estimate of drug-likeness (QED) is 0.812. The minimum Gasteiger partial charge on any atom is -0.321 e. The lowest BCUT2D eigenvalue weighted by Crippen LogP contribution is -2.30. The SMILES string of the molecule is NC(C=O)C(c1ccccc1)c1ccccc1. The van der Waals surface area contributed by atoms with E-state index >= 15 is 0 Å². The van der Waals surface area contributed by atoms with Crippen LogP contribution in [0.25, 0.3) is 0 Å². The maximum absolute atomic E-state index is 11.0. The minimum absolute atomic E-state index is 0.0742. The van der Waals surface area contributed by atoms with Crippen LogP contribution in [0, 0.1) is 0 Å². The first-order valence-electron chi connectivity index (χ1n) is 5.63. The predicted molar refractivity (Wildman–Crippen MR) is 68.8 cm³/mol. The van der Waals surface area contributed by atoms with Crippen molar-refractivity contribution in [3.05, 3.63) is 71.8 Å². The first-order chi connectivity index (χ1) is 8.33. The van der Waals surface area contributed by atoms with Crippen LogP contribution in [-0.4, -0.2) is 12.3 Å². The summed E-state index contributed by atoms with van der Waals surface area (Å²) in [4.78, 5) is 11.0. The molecule has 2 aromatic rings. The van der Waals surface area contributed by atoms with Gasteiger partial charge in [0.05, 0.1) is 6.04 Å². The number of rotatable bonds is 4. The van der Waals surface area contributed by atoms with Gasteiger partial charge in [0.15, 0.2) is 0 Å². The van der Waals surface area contributed by atoms with Crippen molar-refractivity contribution in [2.24, 2.45) is 5.73 Å². The zero-order valence-corrected chi connectivity index (χ0v) is 9.49. The molecule has 2 N–H and O–H groups in total. The zero-order chi connectivity index (χ0) is 12.1. The summed E-state index contributed by atoms with van der Waals surface area (Å²) in [5.74, 6) is -0.0742. The molecular weight excluding hydrogens is 210 g/mol. The van der Waals surface area contributed by atoms with Crippen LogP contribution < -0.4 is 5.73 Å². The molecule has 86 valence electrons. The topological polar surface area (TPSA) is 43.1 Å². The standard InChI is InChI=1S/C15H15NO/c16-14(11-17)15(12-7-3-1-4-8-12)13-9-5-2-6-10-13/h1-11,14-15H,16H2. The normalized spacial score (nSPS) is 12.4. The Labute approximate surface area is 101 Å². The molecule has 0 aliphatic carbocycles. The van der Waals surface area contributed by atoms with Crippen molar-refractivity contribution >= 4 is 6.29 Å². The summed E-state index contributed by atoms with van der Waals surface area (Å²) in [6, 6.07) is 19.2. The molecule has 0 fully saturated rings. The molecule has 0 aromatic heterocycles. The average molecular weight is 225 g/mol. The van der Waals surface area contributed by atoms with Crippen LogP contribution in [0.3, 0.4) is 0 Å². The molecule has 0 aliphatic rings. The van der Waals surface area contributed by atoms with Gasteiger partial charge < -0.3 is 10.5 Å². The molecule has 2 aromatic carbocycles. The summed E-state index contributed by atoms with van der Waals surface area (Å²) in [6.07, 6.45) is 0.810. The van der Waals surface area contributed by atoms with Crippen LogP contribution in [0.2, 0.25) is 0 Å². The number of carbonyl (C=O) groups is 1. The second-order valence-electron chi connectivity index (χ2n) is 4.01. The summed E-state index contributed by atoms with van der Waals surface area (Å²) < 4.78 is 0. The number of carbonyl (C=O) groups excluding carboxylic acids is 1. The zero-order valence-electron chi connectivity index (χ0n) is 9.49. The van der Waals surface area contributed by atoms with Crippen molar-refractivity contribution in [3.63, 3.8) is 0 Å². The van der Waals surface area contributed by atoms with E-state index in [1.165, 1.54) is 0 Å². The Morgan fingerprint density at radius 3 is 1.59 bits per heavy atom. The van der Waals surface area contributed by atoms with Gasteiger partial charge in [-0.3, -0.25) is 0 Å². The smallest absolute Gasteiger partial charge is 0.137 e. The Morgan fingerprint density at radius 2 is 1.24 bits per heavy atom. The minimum atomic E-state index is -0.514. The van der Waals surface area contributed by atoms with E-state index in [0.717, 1.165) is 17.4 Å². The lowest BCUT2D eigenvalue weighted by molar-refractivity contribution is -0.109. The van der Waals surface area contributed by atoms with E-state index in [-0.39, 0.29) is 5.92 Å². The Kier molecular flexibility index (Phi) is 3.68. The number of benzene rings is 2. The first kappa shape index (κ1) is 11.6. The van der Waals surface area contributed by atoms with Gasteiger partial charge in [0.1, 0.15) is 6.29 Å². The monoisotopic (exact) mass is 225 g/mol. The van der Waals surface area contributed by atoms with Crippen LogP contribution in [0.15, 0.2) is 60.7 Å². The molecule has 2 rings (SSSR count). The number of hydrogen-bond donors (Lipinski definition) is 1. The highest BCUT2D eigenvalue weighted by atomic mass is 16.1. The van der Waals surface area contributed by atoms with Crippen LogP contribution in [-0.2, 0) is 4.79 Å². The van der Waals surface area contributed by atoms with E-state index in [1.807, 2.05) is 60.7 Å². The Balaban J connectivity index is 2.43. The lowest BCUT2D eigenvalue weighted by atomic mass is 9.86. The summed E-state index contributed by atoms with van der Waals surface area (Å²) in [5.41, 5.74) is 8.05. The summed E-state index contributed by atoms with van der Waals surface area (Å²) >= 11 is 0. The van der Waals surface area contributed by atoms with E-state index in [9.17, 15) is 4.79 Å². The van der Waals surface area contributed by atoms with Gasteiger partial charge in [-0.2, -0.15) is 0 Å². The predicted octanol–water partition coefficient (Wildman–Crippen LogP) is 2.34. The molecule has 2 heteroatoms. The summed E-state index contributed by atoms with van der Waals surface area (Å²) in [6.45, 7) is 0. The van der Waals surface area contributed by atoms with Gasteiger partial charge in [-0.05, 0) is 11.1 Å². The lowest BCUT2D eigenvalue weighted by Gasteiger charge is -2.20. The molecule has 0 heterocycles. The number of nitrogens with two attached hydrogens (primary N) is 1. The molecular formula is C15H15NO. The van der Waals surface area contributed by atoms with E-state index in [4.69, 9.17) is 5.73 Å². The second-order valence-corrected chi connectivity index (χ2v) is 4.01. The van der Waals surface area contributed by atoms with Gasteiger partial charge in [0, 0.05) is 5.92 Å². The van der Waals surface area contributed by atoms with Gasteiger partial charge >= 0.3 is 0 Å². The molecule has 0 radical (unpaired) electrons. The molecule has 0 bridgehead atoms. The van der Waals surface area contributed by atoms with E-state index < -0.39 is 6.04 Å².